The number of carbonyl (C=O) groups is 1. The molecule has 1 saturated heterocycles. The smallest absolute Gasteiger partial charge is 0.403 e. The van der Waals surface area contributed by atoms with Crippen molar-refractivity contribution in [3.63, 3.8) is 0 Å². The Kier molecular flexibility index (Phi) is 6.33. The van der Waals surface area contributed by atoms with Crippen LogP contribution in [0, 0.1) is 11.7 Å². The summed E-state index contributed by atoms with van der Waals surface area (Å²) in [6.07, 6.45) is -4.07. The molecule has 6 radical (unpaired) electrons. The lowest BCUT2D eigenvalue weighted by molar-refractivity contribution is -0.240. The number of aromatic amines is 1. The Morgan fingerprint density at radius 1 is 1.40 bits per heavy atom. The number of fused-ring (bicyclic) bond motifs is 1. The standard InChI is InChI=1S/C18H15B3FN2O9PS/c1-8-3-2-4-9-7-30-34(29,31-11(8)9)33-18(20,21)16(22)12(26)13(27)17(19,32-16)24-5-10(6-25)14(28)23-15(24)35/h2-6,12-13,26-27H,7H2,1H3,(H,23,28,35)/t12-,13+,16-,17-,34?/m0/s1. The largest absolute Gasteiger partial charge is 0.529 e. The zero-order valence-electron chi connectivity index (χ0n) is 17.9. The minimum atomic E-state index is -4.70. The van der Waals surface area contributed by atoms with E-state index in [-0.39, 0.29) is 18.6 Å². The molecule has 3 N–H and O–H groups in total. The SMILES string of the molecule is [B]C([B])(OP1(=O)OCc2cccc(C)c2O1)[C@@]1(F)O[C@@]([B])(n2cc(C=O)c(=O)[nH]c2=S)[C@H](O)[C@@H]1O. The molecule has 35 heavy (non-hydrogen) atoms. The summed E-state index contributed by atoms with van der Waals surface area (Å²) in [6.45, 7) is 1.38. The number of alkyl halides is 1. The Hall–Kier alpha value is -2.06. The fraction of sp³-hybridized carbons (Fsp3) is 0.389. The second-order valence-electron chi connectivity index (χ2n) is 7.98. The molecule has 0 amide bonds. The van der Waals surface area contributed by atoms with Crippen LogP contribution in [0.1, 0.15) is 21.5 Å². The maximum absolute atomic E-state index is 16.1. The number of benzene rings is 1. The monoisotopic (exact) mass is 518 g/mol. The fourth-order valence-electron chi connectivity index (χ4n) is 3.66. The zero-order chi connectivity index (χ0) is 26.0. The van der Waals surface area contributed by atoms with Gasteiger partial charge in [-0.3, -0.25) is 23.6 Å². The second kappa shape index (κ2) is 8.51. The molecule has 1 aromatic heterocycles. The van der Waals surface area contributed by atoms with E-state index in [0.717, 1.165) is 6.20 Å². The number of hydrogen-bond acceptors (Lipinski definition) is 10. The lowest BCUT2D eigenvalue weighted by atomic mass is 9.59. The van der Waals surface area contributed by atoms with E-state index in [9.17, 15) is 24.4 Å². The van der Waals surface area contributed by atoms with Crippen molar-refractivity contribution < 1.29 is 42.3 Å². The minimum Gasteiger partial charge on any atom is -0.403 e. The first-order valence-electron chi connectivity index (χ1n) is 9.84. The van der Waals surface area contributed by atoms with Gasteiger partial charge in [-0.1, -0.05) is 18.2 Å². The number of aromatic nitrogens is 2. The van der Waals surface area contributed by atoms with E-state index in [1.807, 2.05) is 0 Å². The van der Waals surface area contributed by atoms with Gasteiger partial charge >= 0.3 is 7.82 Å². The third kappa shape index (κ3) is 4.06. The van der Waals surface area contributed by atoms with Crippen LogP contribution >= 0.6 is 20.0 Å². The molecule has 0 spiro atoms. The minimum absolute atomic E-state index is 0.132. The summed E-state index contributed by atoms with van der Waals surface area (Å²) < 4.78 is 49.8. The number of nitrogens with one attached hydrogen (secondary N) is 1. The quantitative estimate of drug-likeness (QED) is 0.213. The number of hydrogen-bond donors (Lipinski definition) is 3. The van der Waals surface area contributed by atoms with Crippen molar-refractivity contribution in [3.05, 3.63) is 56.2 Å². The van der Waals surface area contributed by atoms with Crippen LogP contribution in [0.15, 0.2) is 29.2 Å². The summed E-state index contributed by atoms with van der Waals surface area (Å²) in [4.78, 5) is 25.0. The van der Waals surface area contributed by atoms with Crippen LogP contribution in [0.4, 0.5) is 4.39 Å². The normalized spacial score (nSPS) is 32.6. The average Bonchev–Trinajstić information content (AvgIpc) is 2.95. The Labute approximate surface area is 206 Å². The topological polar surface area (TPSA) is 149 Å². The first kappa shape index (κ1) is 26.0. The maximum Gasteiger partial charge on any atom is 0.529 e. The molecule has 1 unspecified atom stereocenters. The highest BCUT2D eigenvalue weighted by molar-refractivity contribution is 7.71. The number of rotatable bonds is 5. The Morgan fingerprint density at radius 3 is 2.74 bits per heavy atom. The molecule has 11 nitrogen and oxygen atoms in total. The molecule has 1 fully saturated rings. The Bertz CT molecular complexity index is 1370. The van der Waals surface area contributed by atoms with Crippen molar-refractivity contribution in [2.24, 2.45) is 0 Å². The Morgan fingerprint density at radius 2 is 2.09 bits per heavy atom. The molecule has 17 heteroatoms. The number of carbonyl (C=O) groups excluding carboxylic acids is 1. The van der Waals surface area contributed by atoms with Gasteiger partial charge in [-0.05, 0) is 24.7 Å². The fourth-order valence-corrected chi connectivity index (χ4v) is 5.36. The molecular formula is C18H15B3FN2O9PS. The number of para-hydroxylation sites is 1. The molecule has 4 rings (SSSR count). The van der Waals surface area contributed by atoms with Crippen LogP contribution in [0.25, 0.3) is 0 Å². The van der Waals surface area contributed by atoms with Gasteiger partial charge in [0.25, 0.3) is 11.4 Å². The van der Waals surface area contributed by atoms with E-state index in [1.165, 1.54) is 0 Å². The van der Waals surface area contributed by atoms with Crippen molar-refractivity contribution in [2.45, 2.75) is 42.6 Å². The third-order valence-electron chi connectivity index (χ3n) is 5.56. The number of halogens is 1. The lowest BCUT2D eigenvalue weighted by Crippen LogP contribution is -2.60. The zero-order valence-corrected chi connectivity index (χ0v) is 19.6. The summed E-state index contributed by atoms with van der Waals surface area (Å²) in [5.41, 5.74) is -3.12. The molecule has 178 valence electrons. The maximum atomic E-state index is 16.1. The van der Waals surface area contributed by atoms with Gasteiger partial charge in [0.1, 0.15) is 47.1 Å². The van der Waals surface area contributed by atoms with E-state index in [0.29, 0.717) is 15.7 Å². The summed E-state index contributed by atoms with van der Waals surface area (Å²) >= 11 is 4.95. The molecule has 2 aliphatic heterocycles. The predicted molar refractivity (Wildman–Crippen MR) is 121 cm³/mol. The van der Waals surface area contributed by atoms with Crippen LogP contribution < -0.4 is 10.1 Å². The molecule has 1 aromatic carbocycles. The number of aryl methyl sites for hydroxylation is 1. The molecule has 0 saturated carbocycles. The van der Waals surface area contributed by atoms with Gasteiger partial charge < -0.3 is 24.0 Å². The number of aldehydes is 1. The van der Waals surface area contributed by atoms with Gasteiger partial charge in [-0.15, -0.1) is 0 Å². The predicted octanol–water partition coefficient (Wildman–Crippen LogP) is -0.0519. The van der Waals surface area contributed by atoms with Gasteiger partial charge in [0.2, 0.25) is 0 Å². The van der Waals surface area contributed by atoms with E-state index in [2.05, 4.69) is 4.98 Å². The molecule has 5 atom stereocenters. The number of aliphatic hydroxyl groups excluding tert-OH is 2. The summed E-state index contributed by atoms with van der Waals surface area (Å²) in [5.74, 6) is -3.63. The van der Waals surface area contributed by atoms with Crippen LogP contribution in [0.5, 0.6) is 5.75 Å². The highest BCUT2D eigenvalue weighted by Gasteiger charge is 2.68. The average molecular weight is 518 g/mol. The van der Waals surface area contributed by atoms with Crippen molar-refractivity contribution in [1.82, 2.24) is 9.55 Å². The van der Waals surface area contributed by atoms with Gasteiger partial charge in [0.05, 0.1) is 17.6 Å². The van der Waals surface area contributed by atoms with E-state index in [1.54, 1.807) is 25.1 Å². The van der Waals surface area contributed by atoms with Crippen molar-refractivity contribution in [2.75, 3.05) is 0 Å². The Balaban J connectivity index is 1.70. The number of nitrogens with zero attached hydrogens (tertiary/aromatic N) is 1. The van der Waals surface area contributed by atoms with E-state index < -0.39 is 52.8 Å². The van der Waals surface area contributed by atoms with E-state index >= 15 is 4.39 Å². The van der Waals surface area contributed by atoms with Gasteiger partial charge in [0, 0.05) is 11.8 Å². The van der Waals surface area contributed by atoms with Gasteiger partial charge in [0.15, 0.2) is 11.1 Å². The number of aliphatic hydroxyl groups is 2. The van der Waals surface area contributed by atoms with Crippen LogP contribution in [-0.2, 0) is 30.6 Å². The number of ether oxygens (including phenoxy) is 1. The first-order chi connectivity index (χ1) is 16.2. The summed E-state index contributed by atoms with van der Waals surface area (Å²) in [6, 6.07) is 4.98. The molecular weight excluding hydrogens is 503 g/mol. The van der Waals surface area contributed by atoms with Crippen molar-refractivity contribution in [1.29, 1.82) is 0 Å². The highest BCUT2D eigenvalue weighted by Crippen LogP contribution is 2.59. The van der Waals surface area contributed by atoms with Crippen LogP contribution in [-0.4, -0.2) is 73.1 Å². The molecule has 3 heterocycles. The van der Waals surface area contributed by atoms with Crippen LogP contribution in [0.2, 0.25) is 0 Å². The molecule has 2 aliphatic rings. The number of phosphoric ester groups is 1. The third-order valence-corrected chi connectivity index (χ3v) is 7.23. The molecule has 2 aromatic rings. The summed E-state index contributed by atoms with van der Waals surface area (Å²) in [7, 11) is 12.8. The van der Waals surface area contributed by atoms with Gasteiger partial charge in [-0.2, -0.15) is 0 Å². The highest BCUT2D eigenvalue weighted by atomic mass is 32.1. The number of H-pyrrole nitrogens is 1. The van der Waals surface area contributed by atoms with Crippen molar-refractivity contribution in [3.8, 4) is 5.75 Å². The molecule has 0 bridgehead atoms. The summed E-state index contributed by atoms with van der Waals surface area (Å²) in [5, 5.41) is 17.8. The van der Waals surface area contributed by atoms with Crippen LogP contribution in [0.3, 0.4) is 0 Å². The van der Waals surface area contributed by atoms with E-state index in [4.69, 9.17) is 54.1 Å². The molecule has 0 aliphatic carbocycles. The lowest BCUT2D eigenvalue weighted by Gasteiger charge is -2.42. The van der Waals surface area contributed by atoms with Gasteiger partial charge in [-0.25, -0.2) is 8.96 Å². The van der Waals surface area contributed by atoms with Crippen molar-refractivity contribution >= 4 is 49.9 Å². The second-order valence-corrected chi connectivity index (χ2v) is 9.88. The number of phosphoric acid groups is 1. The first-order valence-corrected chi connectivity index (χ1v) is 11.7.